The molecule has 5 heteroatoms. The SMILES string of the molecule is O=C(Nc1ccccc1O)c1cc2cc(F)ccc2[nH]1. The molecule has 0 bridgehead atoms. The van der Waals surface area contributed by atoms with Crippen LogP contribution in [0.15, 0.2) is 48.5 Å². The average Bonchev–Trinajstić information content (AvgIpc) is 2.84. The minimum Gasteiger partial charge on any atom is -0.506 e. The van der Waals surface area contributed by atoms with Crippen molar-refractivity contribution >= 4 is 22.5 Å². The maximum atomic E-state index is 13.1. The molecule has 0 radical (unpaired) electrons. The molecular weight excluding hydrogens is 259 g/mol. The number of hydrogen-bond acceptors (Lipinski definition) is 2. The summed E-state index contributed by atoms with van der Waals surface area (Å²) in [4.78, 5) is 15.0. The number of phenolic OH excluding ortho intramolecular Hbond substituents is 1. The van der Waals surface area contributed by atoms with Crippen LogP contribution in [0.1, 0.15) is 10.5 Å². The van der Waals surface area contributed by atoms with E-state index in [4.69, 9.17) is 0 Å². The van der Waals surface area contributed by atoms with Gasteiger partial charge in [0, 0.05) is 10.9 Å². The molecule has 0 spiro atoms. The summed E-state index contributed by atoms with van der Waals surface area (Å²) in [7, 11) is 0. The molecule has 0 aliphatic carbocycles. The van der Waals surface area contributed by atoms with Gasteiger partial charge in [-0.1, -0.05) is 12.1 Å². The Balaban J connectivity index is 1.91. The number of anilines is 1. The molecule has 0 unspecified atom stereocenters. The summed E-state index contributed by atoms with van der Waals surface area (Å²) in [5.74, 6) is -0.768. The zero-order valence-corrected chi connectivity index (χ0v) is 10.4. The molecule has 0 saturated heterocycles. The number of amides is 1. The molecule has 3 N–H and O–H groups in total. The molecule has 0 saturated carbocycles. The van der Waals surface area contributed by atoms with Crippen molar-refractivity contribution in [3.8, 4) is 5.75 Å². The van der Waals surface area contributed by atoms with Crippen molar-refractivity contribution in [2.45, 2.75) is 0 Å². The number of phenols is 1. The highest BCUT2D eigenvalue weighted by atomic mass is 19.1. The molecule has 1 heterocycles. The topological polar surface area (TPSA) is 65.1 Å². The monoisotopic (exact) mass is 270 g/mol. The Morgan fingerprint density at radius 3 is 2.75 bits per heavy atom. The number of carbonyl (C=O) groups excluding carboxylic acids is 1. The Labute approximate surface area is 113 Å². The first-order chi connectivity index (χ1) is 9.63. The number of para-hydroxylation sites is 2. The molecule has 100 valence electrons. The third kappa shape index (κ3) is 2.21. The highest BCUT2D eigenvalue weighted by Crippen LogP contribution is 2.23. The molecule has 0 aliphatic rings. The van der Waals surface area contributed by atoms with Gasteiger partial charge in [-0.25, -0.2) is 4.39 Å². The fourth-order valence-corrected chi connectivity index (χ4v) is 1.99. The Kier molecular flexibility index (Phi) is 2.87. The number of rotatable bonds is 2. The van der Waals surface area contributed by atoms with E-state index >= 15 is 0 Å². The van der Waals surface area contributed by atoms with Crippen molar-refractivity contribution in [2.24, 2.45) is 0 Å². The zero-order valence-electron chi connectivity index (χ0n) is 10.4. The molecule has 0 aliphatic heterocycles. The molecule has 3 aromatic rings. The van der Waals surface area contributed by atoms with Crippen LogP contribution in [0.2, 0.25) is 0 Å². The normalized spacial score (nSPS) is 10.7. The van der Waals surface area contributed by atoms with Gasteiger partial charge in [0.05, 0.1) is 5.69 Å². The molecule has 4 nitrogen and oxygen atoms in total. The largest absolute Gasteiger partial charge is 0.506 e. The lowest BCUT2D eigenvalue weighted by Crippen LogP contribution is -2.12. The number of carbonyl (C=O) groups is 1. The Morgan fingerprint density at radius 2 is 1.95 bits per heavy atom. The van der Waals surface area contributed by atoms with Crippen molar-refractivity contribution in [1.82, 2.24) is 4.98 Å². The van der Waals surface area contributed by atoms with Crippen molar-refractivity contribution < 1.29 is 14.3 Å². The third-order valence-electron chi connectivity index (χ3n) is 2.98. The number of hydrogen-bond donors (Lipinski definition) is 3. The lowest BCUT2D eigenvalue weighted by molar-refractivity contribution is 0.102. The third-order valence-corrected chi connectivity index (χ3v) is 2.98. The van der Waals surface area contributed by atoms with Gasteiger partial charge in [0.25, 0.3) is 5.91 Å². The molecule has 3 rings (SSSR count). The second-order valence-corrected chi connectivity index (χ2v) is 4.39. The van der Waals surface area contributed by atoms with Gasteiger partial charge in [-0.15, -0.1) is 0 Å². The summed E-state index contributed by atoms with van der Waals surface area (Å²) in [6, 6.07) is 12.2. The van der Waals surface area contributed by atoms with Crippen LogP contribution < -0.4 is 5.32 Å². The first-order valence-electron chi connectivity index (χ1n) is 6.01. The number of aromatic hydroxyl groups is 1. The van der Waals surface area contributed by atoms with Crippen LogP contribution in [0, 0.1) is 5.82 Å². The van der Waals surface area contributed by atoms with Crippen LogP contribution in [-0.4, -0.2) is 16.0 Å². The quantitative estimate of drug-likeness (QED) is 0.626. The van der Waals surface area contributed by atoms with Gasteiger partial charge in [0.1, 0.15) is 17.3 Å². The summed E-state index contributed by atoms with van der Waals surface area (Å²) in [6.07, 6.45) is 0. The van der Waals surface area contributed by atoms with Crippen LogP contribution in [0.3, 0.4) is 0 Å². The van der Waals surface area contributed by atoms with E-state index in [9.17, 15) is 14.3 Å². The molecule has 2 aromatic carbocycles. The van der Waals surface area contributed by atoms with E-state index < -0.39 is 5.91 Å². The van der Waals surface area contributed by atoms with E-state index in [2.05, 4.69) is 10.3 Å². The first-order valence-corrected chi connectivity index (χ1v) is 6.01. The summed E-state index contributed by atoms with van der Waals surface area (Å²) in [5, 5.41) is 12.8. The maximum absolute atomic E-state index is 13.1. The minimum absolute atomic E-state index is 0.0111. The average molecular weight is 270 g/mol. The van der Waals surface area contributed by atoms with Gasteiger partial charge in [-0.05, 0) is 36.4 Å². The van der Waals surface area contributed by atoms with E-state index in [0.29, 0.717) is 22.3 Å². The summed E-state index contributed by atoms with van der Waals surface area (Å²) in [6.45, 7) is 0. The van der Waals surface area contributed by atoms with E-state index in [-0.39, 0.29) is 11.6 Å². The number of aromatic amines is 1. The van der Waals surface area contributed by atoms with Crippen LogP contribution >= 0.6 is 0 Å². The Bertz CT molecular complexity index is 795. The predicted molar refractivity (Wildman–Crippen MR) is 74.3 cm³/mol. The van der Waals surface area contributed by atoms with E-state index in [1.54, 1.807) is 30.3 Å². The molecular formula is C15H11FN2O2. The number of halogens is 1. The Hall–Kier alpha value is -2.82. The van der Waals surface area contributed by atoms with Crippen LogP contribution in [-0.2, 0) is 0 Å². The summed E-state index contributed by atoms with van der Waals surface area (Å²) >= 11 is 0. The predicted octanol–water partition coefficient (Wildman–Crippen LogP) is 3.26. The standard InChI is InChI=1S/C15H11FN2O2/c16-10-5-6-11-9(7-10)8-13(17-11)15(20)18-12-3-1-2-4-14(12)19/h1-8,17,19H,(H,18,20). The lowest BCUT2D eigenvalue weighted by atomic mass is 10.2. The van der Waals surface area contributed by atoms with E-state index in [1.165, 1.54) is 18.2 Å². The van der Waals surface area contributed by atoms with Gasteiger partial charge >= 0.3 is 0 Å². The number of fused-ring (bicyclic) bond motifs is 1. The Morgan fingerprint density at radius 1 is 1.15 bits per heavy atom. The second kappa shape index (κ2) is 4.70. The highest BCUT2D eigenvalue weighted by Gasteiger charge is 2.11. The lowest BCUT2D eigenvalue weighted by Gasteiger charge is -2.05. The second-order valence-electron chi connectivity index (χ2n) is 4.39. The summed E-state index contributed by atoms with van der Waals surface area (Å²) < 4.78 is 13.1. The van der Waals surface area contributed by atoms with Crippen LogP contribution in [0.5, 0.6) is 5.75 Å². The van der Waals surface area contributed by atoms with Crippen molar-refractivity contribution in [2.75, 3.05) is 5.32 Å². The van der Waals surface area contributed by atoms with E-state index in [0.717, 1.165) is 0 Å². The first kappa shape index (κ1) is 12.2. The van der Waals surface area contributed by atoms with E-state index in [1.807, 2.05) is 0 Å². The van der Waals surface area contributed by atoms with Crippen molar-refractivity contribution in [3.63, 3.8) is 0 Å². The fraction of sp³-hybridized carbons (Fsp3) is 0. The maximum Gasteiger partial charge on any atom is 0.272 e. The van der Waals surface area contributed by atoms with Crippen molar-refractivity contribution in [3.05, 3.63) is 60.0 Å². The number of nitrogens with one attached hydrogen (secondary N) is 2. The van der Waals surface area contributed by atoms with Crippen LogP contribution in [0.4, 0.5) is 10.1 Å². The smallest absolute Gasteiger partial charge is 0.272 e. The van der Waals surface area contributed by atoms with Gasteiger partial charge in [-0.2, -0.15) is 0 Å². The van der Waals surface area contributed by atoms with Crippen molar-refractivity contribution in [1.29, 1.82) is 0 Å². The molecule has 1 amide bonds. The summed E-state index contributed by atoms with van der Waals surface area (Å²) in [5.41, 5.74) is 1.30. The number of aromatic nitrogens is 1. The van der Waals surface area contributed by atoms with Crippen LogP contribution in [0.25, 0.3) is 10.9 Å². The van der Waals surface area contributed by atoms with Gasteiger partial charge < -0.3 is 15.4 Å². The molecule has 0 atom stereocenters. The molecule has 0 fully saturated rings. The highest BCUT2D eigenvalue weighted by molar-refractivity contribution is 6.06. The van der Waals surface area contributed by atoms with Gasteiger partial charge in [0.15, 0.2) is 0 Å². The fourth-order valence-electron chi connectivity index (χ4n) is 1.99. The van der Waals surface area contributed by atoms with Gasteiger partial charge in [0.2, 0.25) is 0 Å². The number of benzene rings is 2. The molecule has 1 aromatic heterocycles. The zero-order chi connectivity index (χ0) is 14.1. The van der Waals surface area contributed by atoms with Gasteiger partial charge in [-0.3, -0.25) is 4.79 Å². The molecule has 20 heavy (non-hydrogen) atoms. The number of H-pyrrole nitrogens is 1. The minimum atomic E-state index is -0.400.